The SMILES string of the molecule is COc1cc(OC)c(/C=N\NC(=O)COc2ccccc2Cl)cc1Br. The van der Waals surface area contributed by atoms with Crippen molar-refractivity contribution >= 4 is 39.7 Å². The van der Waals surface area contributed by atoms with Crippen LogP contribution in [0.1, 0.15) is 5.56 Å². The molecule has 0 fully saturated rings. The van der Waals surface area contributed by atoms with E-state index in [0.29, 0.717) is 27.8 Å². The number of amides is 1. The molecular formula is C17H16BrClN2O4. The van der Waals surface area contributed by atoms with Crippen LogP contribution >= 0.6 is 27.5 Å². The molecule has 0 aromatic heterocycles. The van der Waals surface area contributed by atoms with Gasteiger partial charge in [0, 0.05) is 11.6 Å². The highest BCUT2D eigenvalue weighted by molar-refractivity contribution is 9.10. The van der Waals surface area contributed by atoms with Crippen LogP contribution in [-0.4, -0.2) is 32.9 Å². The van der Waals surface area contributed by atoms with Crippen LogP contribution in [0.4, 0.5) is 0 Å². The van der Waals surface area contributed by atoms with Crippen molar-refractivity contribution < 1.29 is 19.0 Å². The Labute approximate surface area is 158 Å². The average Bonchev–Trinajstić information content (AvgIpc) is 2.61. The Hall–Kier alpha value is -2.25. The van der Waals surface area contributed by atoms with Crippen LogP contribution < -0.4 is 19.6 Å². The van der Waals surface area contributed by atoms with Crippen molar-refractivity contribution in [2.45, 2.75) is 0 Å². The minimum atomic E-state index is -0.414. The molecule has 2 rings (SSSR count). The third-order valence-electron chi connectivity index (χ3n) is 3.09. The zero-order chi connectivity index (χ0) is 18.2. The van der Waals surface area contributed by atoms with Gasteiger partial charge < -0.3 is 14.2 Å². The Balaban J connectivity index is 1.95. The third-order valence-corrected chi connectivity index (χ3v) is 4.02. The first-order valence-electron chi connectivity index (χ1n) is 7.16. The maximum absolute atomic E-state index is 11.8. The van der Waals surface area contributed by atoms with E-state index in [1.807, 2.05) is 0 Å². The second-order valence-electron chi connectivity index (χ2n) is 4.74. The van der Waals surface area contributed by atoms with E-state index in [-0.39, 0.29) is 6.61 Å². The van der Waals surface area contributed by atoms with Crippen LogP contribution in [0.15, 0.2) is 46.0 Å². The molecule has 0 unspecified atom stereocenters. The largest absolute Gasteiger partial charge is 0.496 e. The number of benzene rings is 2. The number of hydrogen-bond acceptors (Lipinski definition) is 5. The molecule has 0 bridgehead atoms. The molecule has 8 heteroatoms. The zero-order valence-electron chi connectivity index (χ0n) is 13.6. The van der Waals surface area contributed by atoms with Gasteiger partial charge in [0.25, 0.3) is 5.91 Å². The van der Waals surface area contributed by atoms with Crippen LogP contribution in [0.25, 0.3) is 0 Å². The summed E-state index contributed by atoms with van der Waals surface area (Å²) in [6.45, 7) is -0.204. The lowest BCUT2D eigenvalue weighted by Crippen LogP contribution is -2.24. The molecule has 0 spiro atoms. The highest BCUT2D eigenvalue weighted by Crippen LogP contribution is 2.31. The molecule has 0 saturated carbocycles. The van der Waals surface area contributed by atoms with Gasteiger partial charge >= 0.3 is 0 Å². The topological polar surface area (TPSA) is 69.2 Å². The van der Waals surface area contributed by atoms with Crippen molar-refractivity contribution in [1.29, 1.82) is 0 Å². The van der Waals surface area contributed by atoms with Crippen molar-refractivity contribution in [1.82, 2.24) is 5.43 Å². The van der Waals surface area contributed by atoms with Gasteiger partial charge in [0.1, 0.15) is 17.2 Å². The van der Waals surface area contributed by atoms with Gasteiger partial charge in [-0.15, -0.1) is 0 Å². The molecule has 1 amide bonds. The van der Waals surface area contributed by atoms with Gasteiger partial charge in [-0.05, 0) is 34.1 Å². The molecule has 0 aliphatic heterocycles. The van der Waals surface area contributed by atoms with E-state index in [9.17, 15) is 4.79 Å². The van der Waals surface area contributed by atoms with E-state index in [0.717, 1.165) is 4.47 Å². The maximum Gasteiger partial charge on any atom is 0.277 e. The number of rotatable bonds is 7. The lowest BCUT2D eigenvalue weighted by Gasteiger charge is -2.09. The molecule has 25 heavy (non-hydrogen) atoms. The van der Waals surface area contributed by atoms with Gasteiger partial charge in [-0.3, -0.25) is 4.79 Å². The Kier molecular flexibility index (Phi) is 7.09. The number of carbonyl (C=O) groups is 1. The van der Waals surface area contributed by atoms with Gasteiger partial charge in [0.2, 0.25) is 0 Å². The monoisotopic (exact) mass is 426 g/mol. The summed E-state index contributed by atoms with van der Waals surface area (Å²) < 4.78 is 16.5. The Morgan fingerprint density at radius 1 is 1.20 bits per heavy atom. The maximum atomic E-state index is 11.8. The van der Waals surface area contributed by atoms with E-state index in [1.165, 1.54) is 13.3 Å². The van der Waals surface area contributed by atoms with E-state index in [1.54, 1.807) is 43.5 Å². The van der Waals surface area contributed by atoms with Gasteiger partial charge in [-0.2, -0.15) is 5.10 Å². The summed E-state index contributed by atoms with van der Waals surface area (Å²) in [5, 5.41) is 4.34. The van der Waals surface area contributed by atoms with Crippen LogP contribution in [0.2, 0.25) is 5.02 Å². The number of nitrogens with zero attached hydrogens (tertiary/aromatic N) is 1. The van der Waals surface area contributed by atoms with Gasteiger partial charge in [-0.25, -0.2) is 5.43 Å². The lowest BCUT2D eigenvalue weighted by molar-refractivity contribution is -0.123. The van der Waals surface area contributed by atoms with Crippen LogP contribution in [0.3, 0.4) is 0 Å². The Morgan fingerprint density at radius 2 is 1.92 bits per heavy atom. The van der Waals surface area contributed by atoms with Crippen molar-refractivity contribution in [2.75, 3.05) is 20.8 Å². The predicted molar refractivity (Wildman–Crippen MR) is 99.9 cm³/mol. The molecule has 0 aliphatic rings. The fourth-order valence-electron chi connectivity index (χ4n) is 1.90. The summed E-state index contributed by atoms with van der Waals surface area (Å²) in [5.41, 5.74) is 3.05. The number of carbonyl (C=O) groups excluding carboxylic acids is 1. The van der Waals surface area contributed by atoms with Crippen LogP contribution in [-0.2, 0) is 4.79 Å². The summed E-state index contributed by atoms with van der Waals surface area (Å²) in [4.78, 5) is 11.8. The number of ether oxygens (including phenoxy) is 3. The van der Waals surface area contributed by atoms with Gasteiger partial charge in [0.05, 0.1) is 29.9 Å². The average molecular weight is 428 g/mol. The summed E-state index contributed by atoms with van der Waals surface area (Å²) >= 11 is 9.34. The Bertz CT molecular complexity index is 783. The Morgan fingerprint density at radius 3 is 2.60 bits per heavy atom. The molecule has 2 aromatic carbocycles. The molecule has 6 nitrogen and oxygen atoms in total. The van der Waals surface area contributed by atoms with Crippen molar-refractivity contribution in [3.05, 3.63) is 51.5 Å². The molecule has 1 N–H and O–H groups in total. The number of nitrogens with one attached hydrogen (secondary N) is 1. The molecule has 0 aliphatic carbocycles. The second-order valence-corrected chi connectivity index (χ2v) is 6.00. The first-order valence-corrected chi connectivity index (χ1v) is 8.33. The van der Waals surface area contributed by atoms with Gasteiger partial charge in [-0.1, -0.05) is 23.7 Å². The quantitative estimate of drug-likeness (QED) is 0.541. The summed E-state index contributed by atoms with van der Waals surface area (Å²) in [5.74, 6) is 1.21. The van der Waals surface area contributed by atoms with E-state index in [4.69, 9.17) is 25.8 Å². The smallest absolute Gasteiger partial charge is 0.277 e. The number of methoxy groups -OCH3 is 2. The lowest BCUT2D eigenvalue weighted by atomic mass is 10.2. The summed E-state index contributed by atoms with van der Waals surface area (Å²) in [6, 6.07) is 10.4. The van der Waals surface area contributed by atoms with Gasteiger partial charge in [0.15, 0.2) is 6.61 Å². The molecule has 132 valence electrons. The fraction of sp³-hybridized carbons (Fsp3) is 0.176. The molecule has 0 radical (unpaired) electrons. The van der Waals surface area contributed by atoms with E-state index < -0.39 is 5.91 Å². The minimum Gasteiger partial charge on any atom is -0.496 e. The van der Waals surface area contributed by atoms with Crippen molar-refractivity contribution in [3.8, 4) is 17.2 Å². The molecule has 0 atom stereocenters. The minimum absolute atomic E-state index is 0.204. The van der Waals surface area contributed by atoms with Crippen molar-refractivity contribution in [2.24, 2.45) is 5.10 Å². The first kappa shape index (κ1) is 19.1. The first-order chi connectivity index (χ1) is 12.0. The summed E-state index contributed by atoms with van der Waals surface area (Å²) in [7, 11) is 3.10. The van der Waals surface area contributed by atoms with E-state index >= 15 is 0 Å². The molecular weight excluding hydrogens is 412 g/mol. The predicted octanol–water partition coefficient (Wildman–Crippen LogP) is 3.65. The van der Waals surface area contributed by atoms with Crippen molar-refractivity contribution in [3.63, 3.8) is 0 Å². The van der Waals surface area contributed by atoms with Crippen LogP contribution in [0, 0.1) is 0 Å². The zero-order valence-corrected chi connectivity index (χ0v) is 15.9. The molecule has 0 saturated heterocycles. The highest BCUT2D eigenvalue weighted by atomic mass is 79.9. The third kappa shape index (κ3) is 5.37. The van der Waals surface area contributed by atoms with E-state index in [2.05, 4.69) is 26.5 Å². The van der Waals surface area contributed by atoms with Crippen LogP contribution in [0.5, 0.6) is 17.2 Å². The number of hydrazone groups is 1. The molecule has 2 aromatic rings. The number of hydrogen-bond donors (Lipinski definition) is 1. The summed E-state index contributed by atoms with van der Waals surface area (Å²) in [6.07, 6.45) is 1.47. The number of para-hydroxylation sites is 1. The fourth-order valence-corrected chi connectivity index (χ4v) is 2.61. The normalized spacial score (nSPS) is 10.6. The molecule has 0 heterocycles. The highest BCUT2D eigenvalue weighted by Gasteiger charge is 2.08. The standard InChI is InChI=1S/C17H16BrClN2O4/c1-23-15-8-16(24-2)12(18)7-11(15)9-20-21-17(22)10-25-14-6-4-3-5-13(14)19/h3-9H,10H2,1-2H3,(H,21,22)/b20-9-. The second kappa shape index (κ2) is 9.29. The number of halogens is 2.